The summed E-state index contributed by atoms with van der Waals surface area (Å²) in [6, 6.07) is 7.70. The maximum atomic E-state index is 12.0. The summed E-state index contributed by atoms with van der Waals surface area (Å²) in [6.45, 7) is 8.15. The highest BCUT2D eigenvalue weighted by molar-refractivity contribution is 6.33. The third-order valence-corrected chi connectivity index (χ3v) is 3.27. The highest BCUT2D eigenvalue weighted by Gasteiger charge is 2.13. The smallest absolute Gasteiger partial charge is 0.165 e. The van der Waals surface area contributed by atoms with Gasteiger partial charge in [0.25, 0.3) is 0 Å². The van der Waals surface area contributed by atoms with Gasteiger partial charge in [0, 0.05) is 24.6 Å². The van der Waals surface area contributed by atoms with Crippen LogP contribution in [0.15, 0.2) is 24.3 Å². The van der Waals surface area contributed by atoms with Crippen molar-refractivity contribution >= 4 is 17.4 Å². The molecule has 0 saturated carbocycles. The molecule has 0 saturated heterocycles. The summed E-state index contributed by atoms with van der Waals surface area (Å²) in [4.78, 5) is 14.3. The van der Waals surface area contributed by atoms with Gasteiger partial charge in [0.1, 0.15) is 0 Å². The van der Waals surface area contributed by atoms with Crippen LogP contribution in [0.3, 0.4) is 0 Å². The molecule has 1 aromatic carbocycles. The van der Waals surface area contributed by atoms with Crippen LogP contribution in [0.5, 0.6) is 0 Å². The normalized spacial score (nSPS) is 11.2. The zero-order valence-corrected chi connectivity index (χ0v) is 11.5. The second kappa shape index (κ2) is 6.77. The Labute approximate surface area is 109 Å². The fourth-order valence-electron chi connectivity index (χ4n) is 1.85. The molecule has 0 aliphatic rings. The maximum Gasteiger partial charge on any atom is 0.165 e. The Morgan fingerprint density at radius 2 is 2.00 bits per heavy atom. The minimum atomic E-state index is 0.120. The molecule has 17 heavy (non-hydrogen) atoms. The molecule has 0 heterocycles. The Morgan fingerprint density at radius 1 is 1.35 bits per heavy atom. The summed E-state index contributed by atoms with van der Waals surface area (Å²) in [5.41, 5.74) is 0.633. The van der Waals surface area contributed by atoms with Gasteiger partial charge in [0.05, 0.1) is 5.02 Å². The summed E-state index contributed by atoms with van der Waals surface area (Å²) in [7, 11) is 0. The van der Waals surface area contributed by atoms with E-state index in [1.807, 2.05) is 12.1 Å². The number of nitrogens with zero attached hydrogens (tertiary/aromatic N) is 1. The van der Waals surface area contributed by atoms with Crippen LogP contribution in [0.2, 0.25) is 5.02 Å². The van der Waals surface area contributed by atoms with E-state index in [2.05, 4.69) is 25.7 Å². The Balaban J connectivity index is 2.59. The molecule has 94 valence electrons. The van der Waals surface area contributed by atoms with Gasteiger partial charge in [-0.3, -0.25) is 4.79 Å². The van der Waals surface area contributed by atoms with E-state index in [0.717, 1.165) is 13.1 Å². The summed E-state index contributed by atoms with van der Waals surface area (Å²) < 4.78 is 0. The van der Waals surface area contributed by atoms with Gasteiger partial charge in [-0.25, -0.2) is 0 Å². The zero-order valence-electron chi connectivity index (χ0n) is 10.7. The number of hydrogen-bond acceptors (Lipinski definition) is 2. The van der Waals surface area contributed by atoms with Crippen molar-refractivity contribution in [3.05, 3.63) is 34.9 Å². The van der Waals surface area contributed by atoms with E-state index in [4.69, 9.17) is 11.6 Å². The van der Waals surface area contributed by atoms with E-state index in [-0.39, 0.29) is 5.78 Å². The fourth-order valence-corrected chi connectivity index (χ4v) is 2.09. The number of benzene rings is 1. The van der Waals surface area contributed by atoms with Crippen molar-refractivity contribution in [2.75, 3.05) is 13.1 Å². The molecule has 0 radical (unpaired) electrons. The lowest BCUT2D eigenvalue weighted by Gasteiger charge is -2.24. The monoisotopic (exact) mass is 253 g/mol. The number of carbonyl (C=O) groups is 1. The molecule has 2 nitrogen and oxygen atoms in total. The van der Waals surface area contributed by atoms with Crippen molar-refractivity contribution in [2.45, 2.75) is 33.2 Å². The van der Waals surface area contributed by atoms with Crippen LogP contribution in [-0.2, 0) is 0 Å². The molecule has 1 rings (SSSR count). The molecule has 0 aliphatic heterocycles. The molecular weight excluding hydrogens is 234 g/mol. The number of ketones is 1. The molecule has 0 unspecified atom stereocenters. The Bertz CT molecular complexity index is 376. The first kappa shape index (κ1) is 14.2. The van der Waals surface area contributed by atoms with E-state index in [9.17, 15) is 4.79 Å². The van der Waals surface area contributed by atoms with Gasteiger partial charge in [-0.2, -0.15) is 0 Å². The van der Waals surface area contributed by atoms with Crippen molar-refractivity contribution in [3.63, 3.8) is 0 Å². The Morgan fingerprint density at radius 3 is 2.53 bits per heavy atom. The van der Waals surface area contributed by atoms with Gasteiger partial charge >= 0.3 is 0 Å². The predicted molar refractivity (Wildman–Crippen MR) is 72.8 cm³/mol. The third kappa shape index (κ3) is 4.14. The standard InChI is InChI=1S/C14H20ClNO/c1-4-16(11(2)3)10-9-14(17)12-7-5-6-8-13(12)15/h5-8,11H,4,9-10H2,1-3H3. The van der Waals surface area contributed by atoms with E-state index in [1.54, 1.807) is 12.1 Å². The van der Waals surface area contributed by atoms with Crippen LogP contribution >= 0.6 is 11.6 Å². The second-order valence-corrected chi connectivity index (χ2v) is 4.78. The minimum absolute atomic E-state index is 0.120. The SMILES string of the molecule is CCN(CCC(=O)c1ccccc1Cl)C(C)C. The Kier molecular flexibility index (Phi) is 5.66. The second-order valence-electron chi connectivity index (χ2n) is 4.38. The maximum absolute atomic E-state index is 12.0. The van der Waals surface area contributed by atoms with Gasteiger partial charge in [0.15, 0.2) is 5.78 Å². The summed E-state index contributed by atoms with van der Waals surface area (Å²) >= 11 is 6.00. The molecule has 0 N–H and O–H groups in total. The predicted octanol–water partition coefficient (Wildman–Crippen LogP) is 3.64. The van der Waals surface area contributed by atoms with Gasteiger partial charge < -0.3 is 4.90 Å². The van der Waals surface area contributed by atoms with Crippen molar-refractivity contribution in [1.82, 2.24) is 4.90 Å². The third-order valence-electron chi connectivity index (χ3n) is 2.94. The van der Waals surface area contributed by atoms with Crippen LogP contribution < -0.4 is 0 Å². The largest absolute Gasteiger partial charge is 0.301 e. The lowest BCUT2D eigenvalue weighted by Crippen LogP contribution is -2.32. The first-order chi connectivity index (χ1) is 8.06. The van der Waals surface area contributed by atoms with Gasteiger partial charge in [0.2, 0.25) is 0 Å². The van der Waals surface area contributed by atoms with E-state index in [1.165, 1.54) is 0 Å². The van der Waals surface area contributed by atoms with Crippen LogP contribution in [0.4, 0.5) is 0 Å². The molecule has 0 spiro atoms. The van der Waals surface area contributed by atoms with Crippen LogP contribution in [0.25, 0.3) is 0 Å². The van der Waals surface area contributed by atoms with Crippen molar-refractivity contribution in [1.29, 1.82) is 0 Å². The molecule has 3 heteroatoms. The Hall–Kier alpha value is -0.860. The average molecular weight is 254 g/mol. The summed E-state index contributed by atoms with van der Waals surface area (Å²) in [5, 5.41) is 0.546. The van der Waals surface area contributed by atoms with Crippen molar-refractivity contribution < 1.29 is 4.79 Å². The topological polar surface area (TPSA) is 20.3 Å². The van der Waals surface area contributed by atoms with Crippen LogP contribution in [0.1, 0.15) is 37.6 Å². The van der Waals surface area contributed by atoms with Gasteiger partial charge in [-0.05, 0) is 32.5 Å². The number of hydrogen-bond donors (Lipinski definition) is 0. The number of carbonyl (C=O) groups excluding carboxylic acids is 1. The first-order valence-corrected chi connectivity index (χ1v) is 6.45. The molecule has 0 aliphatic carbocycles. The number of rotatable bonds is 6. The molecule has 0 bridgehead atoms. The van der Waals surface area contributed by atoms with Gasteiger partial charge in [-0.15, -0.1) is 0 Å². The van der Waals surface area contributed by atoms with Crippen LogP contribution in [0, 0.1) is 0 Å². The van der Waals surface area contributed by atoms with E-state index < -0.39 is 0 Å². The molecular formula is C14H20ClNO. The summed E-state index contributed by atoms with van der Waals surface area (Å²) in [5.74, 6) is 0.120. The van der Waals surface area contributed by atoms with E-state index in [0.29, 0.717) is 23.0 Å². The van der Waals surface area contributed by atoms with Crippen molar-refractivity contribution in [3.8, 4) is 0 Å². The number of halogens is 1. The van der Waals surface area contributed by atoms with Crippen molar-refractivity contribution in [2.24, 2.45) is 0 Å². The fraction of sp³-hybridized carbons (Fsp3) is 0.500. The zero-order chi connectivity index (χ0) is 12.8. The lowest BCUT2D eigenvalue weighted by molar-refractivity contribution is 0.0958. The summed E-state index contributed by atoms with van der Waals surface area (Å²) in [6.07, 6.45) is 0.524. The van der Waals surface area contributed by atoms with Gasteiger partial charge in [-0.1, -0.05) is 30.7 Å². The molecule has 0 aromatic heterocycles. The lowest BCUT2D eigenvalue weighted by atomic mass is 10.1. The van der Waals surface area contributed by atoms with E-state index >= 15 is 0 Å². The number of Topliss-reactive ketones (excluding diaryl/α,β-unsaturated/α-hetero) is 1. The molecule has 0 fully saturated rings. The molecule has 0 atom stereocenters. The quantitative estimate of drug-likeness (QED) is 0.722. The van der Waals surface area contributed by atoms with Crippen LogP contribution in [-0.4, -0.2) is 29.8 Å². The minimum Gasteiger partial charge on any atom is -0.301 e. The molecule has 0 amide bonds. The average Bonchev–Trinajstić information content (AvgIpc) is 2.29. The molecule has 1 aromatic rings. The highest BCUT2D eigenvalue weighted by atomic mass is 35.5. The first-order valence-electron chi connectivity index (χ1n) is 6.08. The highest BCUT2D eigenvalue weighted by Crippen LogP contribution is 2.17.